The van der Waals surface area contributed by atoms with Crippen molar-refractivity contribution in [3.05, 3.63) is 46.1 Å². The SMILES string of the molecule is CC1=C(C(=O)O[C@H]2CC[C@@H](C)[C@@H](C)C2)[C@@H](c2ccc(Cl)cc2)NC(=O)N1. The molecule has 0 aromatic heterocycles. The molecule has 1 aromatic rings. The zero-order valence-electron chi connectivity index (χ0n) is 15.3. The Morgan fingerprint density at radius 1 is 1.15 bits per heavy atom. The minimum absolute atomic E-state index is 0.0718. The van der Waals surface area contributed by atoms with Crippen LogP contribution in [0.4, 0.5) is 4.79 Å². The van der Waals surface area contributed by atoms with Gasteiger partial charge in [-0.05, 0) is 55.7 Å². The molecule has 4 atom stereocenters. The Morgan fingerprint density at radius 3 is 2.50 bits per heavy atom. The number of halogens is 1. The summed E-state index contributed by atoms with van der Waals surface area (Å²) in [6.07, 6.45) is 2.75. The van der Waals surface area contributed by atoms with Crippen LogP contribution in [0.3, 0.4) is 0 Å². The fraction of sp³-hybridized carbons (Fsp3) is 0.500. The van der Waals surface area contributed by atoms with E-state index >= 15 is 0 Å². The lowest BCUT2D eigenvalue weighted by Gasteiger charge is -2.33. The average molecular weight is 377 g/mol. The van der Waals surface area contributed by atoms with Gasteiger partial charge in [0.15, 0.2) is 0 Å². The average Bonchev–Trinajstić information content (AvgIpc) is 2.58. The van der Waals surface area contributed by atoms with Crippen molar-refractivity contribution in [1.82, 2.24) is 10.6 Å². The quantitative estimate of drug-likeness (QED) is 0.771. The highest BCUT2D eigenvalue weighted by atomic mass is 35.5. The molecule has 0 saturated heterocycles. The van der Waals surface area contributed by atoms with Gasteiger partial charge in [-0.3, -0.25) is 0 Å². The fourth-order valence-corrected chi connectivity index (χ4v) is 3.82. The summed E-state index contributed by atoms with van der Waals surface area (Å²) < 4.78 is 5.82. The molecular formula is C20H25ClN2O3. The van der Waals surface area contributed by atoms with Crippen molar-refractivity contribution in [3.63, 3.8) is 0 Å². The van der Waals surface area contributed by atoms with E-state index < -0.39 is 6.04 Å². The largest absolute Gasteiger partial charge is 0.459 e. The van der Waals surface area contributed by atoms with Crippen LogP contribution in [0.15, 0.2) is 35.5 Å². The molecule has 6 heteroatoms. The molecule has 1 fully saturated rings. The molecule has 0 spiro atoms. The van der Waals surface area contributed by atoms with Crippen LogP contribution in [0.2, 0.25) is 5.02 Å². The van der Waals surface area contributed by atoms with Crippen molar-refractivity contribution >= 4 is 23.6 Å². The Bertz CT molecular complexity index is 729. The van der Waals surface area contributed by atoms with E-state index in [4.69, 9.17) is 16.3 Å². The summed E-state index contributed by atoms with van der Waals surface area (Å²) in [5.41, 5.74) is 1.76. The molecule has 3 rings (SSSR count). The van der Waals surface area contributed by atoms with Gasteiger partial charge < -0.3 is 15.4 Å². The lowest BCUT2D eigenvalue weighted by molar-refractivity contribution is -0.147. The van der Waals surface area contributed by atoms with Crippen molar-refractivity contribution in [2.75, 3.05) is 0 Å². The van der Waals surface area contributed by atoms with Gasteiger partial charge in [0, 0.05) is 10.7 Å². The minimum Gasteiger partial charge on any atom is -0.459 e. The number of hydrogen-bond acceptors (Lipinski definition) is 3. The topological polar surface area (TPSA) is 67.4 Å². The van der Waals surface area contributed by atoms with Crippen LogP contribution in [-0.2, 0) is 9.53 Å². The molecule has 2 aliphatic rings. The van der Waals surface area contributed by atoms with Crippen molar-refractivity contribution in [2.45, 2.75) is 52.2 Å². The van der Waals surface area contributed by atoms with E-state index in [1.54, 1.807) is 19.1 Å². The van der Waals surface area contributed by atoms with Gasteiger partial charge in [0.25, 0.3) is 0 Å². The highest BCUT2D eigenvalue weighted by molar-refractivity contribution is 6.30. The van der Waals surface area contributed by atoms with Crippen molar-refractivity contribution < 1.29 is 14.3 Å². The molecule has 0 bridgehead atoms. The maximum absolute atomic E-state index is 12.9. The van der Waals surface area contributed by atoms with E-state index in [9.17, 15) is 9.59 Å². The Kier molecular flexibility index (Phi) is 5.56. The zero-order chi connectivity index (χ0) is 18.8. The van der Waals surface area contributed by atoms with Gasteiger partial charge in [0.05, 0.1) is 11.6 Å². The number of carbonyl (C=O) groups is 2. The second-order valence-corrected chi connectivity index (χ2v) is 7.85. The minimum atomic E-state index is -0.548. The predicted molar refractivity (Wildman–Crippen MR) is 101 cm³/mol. The molecule has 5 nitrogen and oxygen atoms in total. The summed E-state index contributed by atoms with van der Waals surface area (Å²) >= 11 is 5.96. The second kappa shape index (κ2) is 7.70. The summed E-state index contributed by atoms with van der Waals surface area (Å²) in [4.78, 5) is 24.9. The van der Waals surface area contributed by atoms with Crippen LogP contribution in [0.1, 0.15) is 51.6 Å². The summed E-state index contributed by atoms with van der Waals surface area (Å²) in [6.45, 7) is 6.17. The van der Waals surface area contributed by atoms with Gasteiger partial charge in [-0.25, -0.2) is 9.59 Å². The van der Waals surface area contributed by atoms with Crippen LogP contribution in [0, 0.1) is 11.8 Å². The van der Waals surface area contributed by atoms with E-state index in [1.165, 1.54) is 0 Å². The fourth-order valence-electron chi connectivity index (χ4n) is 3.69. The molecule has 0 radical (unpaired) electrons. The summed E-state index contributed by atoms with van der Waals surface area (Å²) in [5.74, 6) is 0.818. The standard InChI is InChI=1S/C20H25ClN2O3/c1-11-4-9-16(10-12(11)2)26-19(24)17-13(3)22-20(25)23-18(17)14-5-7-15(21)8-6-14/h5-8,11-12,16,18H,4,9-10H2,1-3H3,(H2,22,23,25)/t11-,12+,16+,18-/m1/s1. The molecule has 26 heavy (non-hydrogen) atoms. The van der Waals surface area contributed by atoms with E-state index in [-0.39, 0.29) is 18.1 Å². The van der Waals surface area contributed by atoms with Crippen molar-refractivity contribution in [1.29, 1.82) is 0 Å². The third-order valence-corrected chi connectivity index (χ3v) is 5.77. The molecule has 1 aromatic carbocycles. The Labute approximate surface area is 159 Å². The molecule has 1 aliphatic heterocycles. The molecule has 140 valence electrons. The van der Waals surface area contributed by atoms with Gasteiger partial charge in [0.1, 0.15) is 6.10 Å². The van der Waals surface area contributed by atoms with Gasteiger partial charge in [-0.2, -0.15) is 0 Å². The molecule has 2 N–H and O–H groups in total. The summed E-state index contributed by atoms with van der Waals surface area (Å²) in [6, 6.07) is 6.22. The summed E-state index contributed by atoms with van der Waals surface area (Å²) in [7, 11) is 0. The Hall–Kier alpha value is -2.01. The maximum atomic E-state index is 12.9. The van der Waals surface area contributed by atoms with Crippen molar-refractivity contribution in [2.24, 2.45) is 11.8 Å². The van der Waals surface area contributed by atoms with E-state index in [0.29, 0.717) is 28.1 Å². The lowest BCUT2D eigenvalue weighted by Crippen LogP contribution is -2.45. The van der Waals surface area contributed by atoms with Crippen LogP contribution in [0.5, 0.6) is 0 Å². The lowest BCUT2D eigenvalue weighted by atomic mass is 9.80. The number of allylic oxidation sites excluding steroid dienone is 1. The zero-order valence-corrected chi connectivity index (χ0v) is 16.1. The molecule has 2 amide bonds. The first-order valence-corrected chi connectivity index (χ1v) is 9.47. The first-order valence-electron chi connectivity index (χ1n) is 9.10. The van der Waals surface area contributed by atoms with E-state index in [2.05, 4.69) is 24.5 Å². The van der Waals surface area contributed by atoms with Crippen LogP contribution in [0.25, 0.3) is 0 Å². The molecule has 0 unspecified atom stereocenters. The second-order valence-electron chi connectivity index (χ2n) is 7.42. The third kappa shape index (κ3) is 4.04. The molecule has 1 saturated carbocycles. The predicted octanol–water partition coefficient (Wildman–Crippen LogP) is 4.34. The summed E-state index contributed by atoms with van der Waals surface area (Å²) in [5, 5.41) is 6.09. The smallest absolute Gasteiger partial charge is 0.338 e. The molecular weight excluding hydrogens is 352 g/mol. The highest BCUT2D eigenvalue weighted by Gasteiger charge is 2.34. The van der Waals surface area contributed by atoms with Gasteiger partial charge >= 0.3 is 12.0 Å². The first-order chi connectivity index (χ1) is 12.3. The van der Waals surface area contributed by atoms with E-state index in [0.717, 1.165) is 24.8 Å². The van der Waals surface area contributed by atoms with Crippen LogP contribution < -0.4 is 10.6 Å². The monoisotopic (exact) mass is 376 g/mol. The van der Waals surface area contributed by atoms with Gasteiger partial charge in [-0.1, -0.05) is 37.6 Å². The number of benzene rings is 1. The third-order valence-electron chi connectivity index (χ3n) is 5.52. The van der Waals surface area contributed by atoms with Gasteiger partial charge in [-0.15, -0.1) is 0 Å². The maximum Gasteiger partial charge on any atom is 0.338 e. The van der Waals surface area contributed by atoms with Crippen LogP contribution >= 0.6 is 11.6 Å². The number of nitrogens with one attached hydrogen (secondary N) is 2. The molecule has 1 aliphatic carbocycles. The number of amides is 2. The number of hydrogen-bond donors (Lipinski definition) is 2. The number of ether oxygens (including phenoxy) is 1. The first kappa shape index (κ1) is 18.8. The number of urea groups is 1. The van der Waals surface area contributed by atoms with E-state index in [1.807, 2.05) is 12.1 Å². The number of carbonyl (C=O) groups excluding carboxylic acids is 2. The number of rotatable bonds is 3. The number of esters is 1. The van der Waals surface area contributed by atoms with Crippen molar-refractivity contribution in [3.8, 4) is 0 Å². The Balaban J connectivity index is 1.82. The molecule has 1 heterocycles. The van der Waals surface area contributed by atoms with Crippen LogP contribution in [-0.4, -0.2) is 18.1 Å². The van der Waals surface area contributed by atoms with Gasteiger partial charge in [0.2, 0.25) is 0 Å². The normalized spacial score (nSPS) is 29.0. The highest BCUT2D eigenvalue weighted by Crippen LogP contribution is 2.33. The Morgan fingerprint density at radius 2 is 1.85 bits per heavy atom.